The predicted molar refractivity (Wildman–Crippen MR) is 104 cm³/mol. The maximum absolute atomic E-state index is 13.1. The number of fused-ring (bicyclic) bond motifs is 1. The van der Waals surface area contributed by atoms with Crippen molar-refractivity contribution in [3.8, 4) is 0 Å². The molecule has 1 aromatic carbocycles. The highest BCUT2D eigenvalue weighted by Crippen LogP contribution is 2.14. The highest BCUT2D eigenvalue weighted by atomic mass is 16.2. The van der Waals surface area contributed by atoms with E-state index in [4.69, 9.17) is 0 Å². The molecule has 132 valence electrons. The lowest BCUT2D eigenvalue weighted by atomic mass is 10.1. The Bertz CT molecular complexity index is 1160. The van der Waals surface area contributed by atoms with Crippen LogP contribution in [0.3, 0.4) is 0 Å². The van der Waals surface area contributed by atoms with Crippen LogP contribution in [0.2, 0.25) is 0 Å². The Morgan fingerprint density at radius 3 is 2.59 bits per heavy atom. The number of aromatic nitrogens is 3. The van der Waals surface area contributed by atoms with Crippen molar-refractivity contribution in [2.24, 2.45) is 0 Å². The Balaban J connectivity index is 1.81. The Kier molecular flexibility index (Phi) is 4.45. The highest BCUT2D eigenvalue weighted by molar-refractivity contribution is 6.05. The lowest BCUT2D eigenvalue weighted by Gasteiger charge is -2.12. The molecule has 3 heterocycles. The summed E-state index contributed by atoms with van der Waals surface area (Å²) in [6.45, 7) is 0.335. The van der Waals surface area contributed by atoms with Crippen molar-refractivity contribution in [3.05, 3.63) is 101 Å². The van der Waals surface area contributed by atoms with E-state index in [1.165, 1.54) is 10.8 Å². The fourth-order valence-corrected chi connectivity index (χ4v) is 2.92. The molecule has 0 radical (unpaired) electrons. The number of benzene rings is 1. The van der Waals surface area contributed by atoms with E-state index in [1.54, 1.807) is 36.7 Å². The van der Waals surface area contributed by atoms with E-state index >= 15 is 0 Å². The fourth-order valence-electron chi connectivity index (χ4n) is 2.92. The van der Waals surface area contributed by atoms with Crippen molar-refractivity contribution < 1.29 is 4.79 Å². The fraction of sp³-hybridized carbons (Fsp3) is 0.0476. The summed E-state index contributed by atoms with van der Waals surface area (Å²) >= 11 is 0. The number of rotatable bonds is 4. The smallest absolute Gasteiger partial charge is 0.265 e. The zero-order chi connectivity index (χ0) is 18.6. The largest absolute Gasteiger partial charge is 0.320 e. The minimum Gasteiger partial charge on any atom is -0.320 e. The second-order valence-corrected chi connectivity index (χ2v) is 6.05. The Hall–Kier alpha value is -3.80. The topological polar surface area (TPSA) is 76.9 Å². The second kappa shape index (κ2) is 7.21. The van der Waals surface area contributed by atoms with Gasteiger partial charge in [0.2, 0.25) is 0 Å². The minimum atomic E-state index is -0.472. The summed E-state index contributed by atoms with van der Waals surface area (Å²) in [6, 6.07) is 18.2. The number of hydrogen-bond donors (Lipinski definition) is 1. The van der Waals surface area contributed by atoms with Crippen molar-refractivity contribution in [1.82, 2.24) is 14.5 Å². The highest BCUT2D eigenvalue weighted by Gasteiger charge is 2.16. The number of pyridine rings is 3. The molecule has 0 bridgehead atoms. The summed E-state index contributed by atoms with van der Waals surface area (Å²) in [6.07, 6.45) is 4.78. The van der Waals surface area contributed by atoms with E-state index in [1.807, 2.05) is 36.4 Å². The molecule has 0 saturated carbocycles. The zero-order valence-electron chi connectivity index (χ0n) is 14.4. The Morgan fingerprint density at radius 1 is 1.00 bits per heavy atom. The van der Waals surface area contributed by atoms with Gasteiger partial charge in [0.15, 0.2) is 0 Å². The van der Waals surface area contributed by atoms with Gasteiger partial charge in [0.05, 0.1) is 18.4 Å². The molecule has 0 aliphatic carbocycles. The molecule has 0 aliphatic heterocycles. The van der Waals surface area contributed by atoms with E-state index in [0.717, 1.165) is 10.9 Å². The van der Waals surface area contributed by atoms with Gasteiger partial charge in [-0.25, -0.2) is 4.98 Å². The van der Waals surface area contributed by atoms with Gasteiger partial charge >= 0.3 is 0 Å². The molecule has 6 heteroatoms. The molecule has 4 rings (SSSR count). The van der Waals surface area contributed by atoms with Crippen LogP contribution in [0.5, 0.6) is 0 Å². The van der Waals surface area contributed by atoms with Crippen molar-refractivity contribution in [2.75, 3.05) is 5.32 Å². The number of nitrogens with one attached hydrogen (secondary N) is 1. The maximum atomic E-state index is 13.1. The van der Waals surface area contributed by atoms with Gasteiger partial charge in [-0.2, -0.15) is 0 Å². The molecule has 4 aromatic rings. The monoisotopic (exact) mass is 356 g/mol. The molecule has 0 aliphatic rings. The van der Waals surface area contributed by atoms with Crippen LogP contribution in [-0.4, -0.2) is 20.4 Å². The van der Waals surface area contributed by atoms with Crippen molar-refractivity contribution >= 4 is 22.6 Å². The van der Waals surface area contributed by atoms with E-state index in [9.17, 15) is 9.59 Å². The summed E-state index contributed by atoms with van der Waals surface area (Å²) in [7, 11) is 0. The SMILES string of the molecule is O=C(Nc1cccnc1)c1cc2cccnc2n(Cc2ccccc2)c1=O. The average molecular weight is 356 g/mol. The van der Waals surface area contributed by atoms with Gasteiger partial charge < -0.3 is 5.32 Å². The van der Waals surface area contributed by atoms with Crippen LogP contribution in [0.4, 0.5) is 5.69 Å². The summed E-state index contributed by atoms with van der Waals surface area (Å²) in [5, 5.41) is 3.45. The van der Waals surface area contributed by atoms with Crippen LogP contribution in [0, 0.1) is 0 Å². The van der Waals surface area contributed by atoms with Gasteiger partial charge in [0.1, 0.15) is 11.2 Å². The van der Waals surface area contributed by atoms with E-state index in [0.29, 0.717) is 17.9 Å². The first-order valence-electron chi connectivity index (χ1n) is 8.46. The third-order valence-electron chi connectivity index (χ3n) is 4.20. The van der Waals surface area contributed by atoms with E-state index < -0.39 is 5.91 Å². The van der Waals surface area contributed by atoms with Gasteiger partial charge in [0.25, 0.3) is 11.5 Å². The number of carbonyl (C=O) groups is 1. The Morgan fingerprint density at radius 2 is 1.81 bits per heavy atom. The zero-order valence-corrected chi connectivity index (χ0v) is 14.4. The van der Waals surface area contributed by atoms with Gasteiger partial charge in [-0.1, -0.05) is 30.3 Å². The standard InChI is InChI=1S/C21H16N4O2/c26-20(24-17-9-5-10-22-13-17)18-12-16-8-4-11-23-19(16)25(21(18)27)14-15-6-2-1-3-7-15/h1-13H,14H2,(H,24,26). The number of hydrogen-bond acceptors (Lipinski definition) is 4. The number of carbonyl (C=O) groups excluding carboxylic acids is 1. The van der Waals surface area contributed by atoms with Gasteiger partial charge in [0, 0.05) is 17.8 Å². The molecular formula is C21H16N4O2. The molecule has 6 nitrogen and oxygen atoms in total. The molecule has 0 fully saturated rings. The molecule has 3 aromatic heterocycles. The second-order valence-electron chi connectivity index (χ2n) is 6.05. The predicted octanol–water partition coefficient (Wildman–Crippen LogP) is 3.09. The van der Waals surface area contributed by atoms with Crippen LogP contribution in [0.1, 0.15) is 15.9 Å². The summed E-state index contributed by atoms with van der Waals surface area (Å²) in [5.41, 5.74) is 1.71. The van der Waals surface area contributed by atoms with Gasteiger partial charge in [-0.15, -0.1) is 0 Å². The van der Waals surface area contributed by atoms with Gasteiger partial charge in [-0.05, 0) is 35.9 Å². The minimum absolute atomic E-state index is 0.0651. The molecule has 0 unspecified atom stereocenters. The van der Waals surface area contributed by atoms with Crippen molar-refractivity contribution in [1.29, 1.82) is 0 Å². The van der Waals surface area contributed by atoms with Gasteiger partial charge in [-0.3, -0.25) is 19.1 Å². The molecule has 0 atom stereocenters. The molecule has 1 N–H and O–H groups in total. The maximum Gasteiger partial charge on any atom is 0.265 e. The van der Waals surface area contributed by atoms with Crippen LogP contribution < -0.4 is 10.9 Å². The van der Waals surface area contributed by atoms with E-state index in [2.05, 4.69) is 15.3 Å². The third kappa shape index (κ3) is 3.46. The third-order valence-corrected chi connectivity index (χ3v) is 4.20. The average Bonchev–Trinajstić information content (AvgIpc) is 2.71. The number of anilines is 1. The van der Waals surface area contributed by atoms with Crippen LogP contribution in [0.15, 0.2) is 84.0 Å². The van der Waals surface area contributed by atoms with E-state index in [-0.39, 0.29) is 11.1 Å². The Labute approximate surface area is 155 Å². The summed E-state index contributed by atoms with van der Waals surface area (Å²) in [5.74, 6) is -0.472. The number of nitrogens with zero attached hydrogens (tertiary/aromatic N) is 3. The first-order chi connectivity index (χ1) is 13.2. The first kappa shape index (κ1) is 16.7. The molecule has 0 saturated heterocycles. The molecule has 27 heavy (non-hydrogen) atoms. The summed E-state index contributed by atoms with van der Waals surface area (Å²) < 4.78 is 1.53. The van der Waals surface area contributed by atoms with Crippen LogP contribution >= 0.6 is 0 Å². The number of amides is 1. The van der Waals surface area contributed by atoms with Crippen molar-refractivity contribution in [3.63, 3.8) is 0 Å². The molecular weight excluding hydrogens is 340 g/mol. The molecule has 1 amide bonds. The normalized spacial score (nSPS) is 10.7. The lowest BCUT2D eigenvalue weighted by molar-refractivity contribution is 0.102. The van der Waals surface area contributed by atoms with Crippen LogP contribution in [-0.2, 0) is 6.54 Å². The quantitative estimate of drug-likeness (QED) is 0.610. The van der Waals surface area contributed by atoms with Crippen LogP contribution in [0.25, 0.3) is 11.0 Å². The summed E-state index contributed by atoms with van der Waals surface area (Å²) in [4.78, 5) is 34.1. The first-order valence-corrected chi connectivity index (χ1v) is 8.46. The molecule has 0 spiro atoms. The lowest BCUT2D eigenvalue weighted by Crippen LogP contribution is -2.30. The van der Waals surface area contributed by atoms with Crippen molar-refractivity contribution in [2.45, 2.75) is 6.54 Å².